The molecule has 0 aliphatic heterocycles. The first-order valence-electron chi connectivity index (χ1n) is 15.0. The van der Waals surface area contributed by atoms with Crippen molar-refractivity contribution in [1.29, 1.82) is 0 Å². The fourth-order valence-electron chi connectivity index (χ4n) is 6.62. The van der Waals surface area contributed by atoms with E-state index in [0.29, 0.717) is 0 Å². The third-order valence-corrected chi connectivity index (χ3v) is 8.51. The van der Waals surface area contributed by atoms with Gasteiger partial charge in [-0.25, -0.2) is 0 Å². The first kappa shape index (κ1) is 32.6. The normalized spacial score (nSPS) is 12.2. The second-order valence-corrected chi connectivity index (χ2v) is 11.8. The molecule has 0 saturated carbocycles. The summed E-state index contributed by atoms with van der Waals surface area (Å²) in [4.78, 5) is 14.2. The molecule has 0 aliphatic carbocycles. The molecule has 1 atom stereocenters. The van der Waals surface area contributed by atoms with Crippen molar-refractivity contribution in [1.82, 2.24) is 5.32 Å². The molecule has 3 nitrogen and oxygen atoms in total. The number of rotatable bonds is 11. The quantitative estimate of drug-likeness (QED) is 0.173. The van der Waals surface area contributed by atoms with Gasteiger partial charge in [-0.15, -0.1) is 0 Å². The Kier molecular flexibility index (Phi) is 11.3. The molecule has 4 heteroatoms. The van der Waals surface area contributed by atoms with E-state index in [1.54, 1.807) is 0 Å². The minimum absolute atomic E-state index is 0. The van der Waals surface area contributed by atoms with Crippen LogP contribution in [0.4, 0.5) is 0 Å². The molecular formula is C37H47BrN2O. The Morgan fingerprint density at radius 2 is 1.32 bits per heavy atom. The van der Waals surface area contributed by atoms with Crippen LogP contribution in [0.15, 0.2) is 72.8 Å². The van der Waals surface area contributed by atoms with Crippen molar-refractivity contribution in [3.8, 4) is 0 Å². The number of hydrogen-bond acceptors (Lipinski definition) is 1. The minimum atomic E-state index is 0. The highest BCUT2D eigenvalue weighted by molar-refractivity contribution is 6.01. The highest BCUT2D eigenvalue weighted by Crippen LogP contribution is 2.28. The van der Waals surface area contributed by atoms with Gasteiger partial charge in [0.15, 0.2) is 6.17 Å². The van der Waals surface area contributed by atoms with Crippen LogP contribution in [0.3, 0.4) is 0 Å². The lowest BCUT2D eigenvalue weighted by Crippen LogP contribution is -3.00. The zero-order chi connectivity index (χ0) is 28.9. The van der Waals surface area contributed by atoms with E-state index in [0.717, 1.165) is 59.9 Å². The van der Waals surface area contributed by atoms with Gasteiger partial charge in [0.1, 0.15) is 6.54 Å². The average Bonchev–Trinajstić information content (AvgIpc) is 2.90. The Morgan fingerprint density at radius 1 is 0.756 bits per heavy atom. The Labute approximate surface area is 258 Å². The number of fused-ring (bicyclic) bond motifs is 1. The zero-order valence-corrected chi connectivity index (χ0v) is 27.6. The molecule has 4 rings (SSSR count). The smallest absolute Gasteiger partial charge is 0.256 e. The molecule has 4 aromatic rings. The van der Waals surface area contributed by atoms with Crippen LogP contribution in [-0.2, 0) is 13.0 Å². The average molecular weight is 616 g/mol. The summed E-state index contributed by atoms with van der Waals surface area (Å²) in [6.07, 6.45) is 2.73. The van der Waals surface area contributed by atoms with Crippen LogP contribution < -0.4 is 22.3 Å². The Morgan fingerprint density at radius 3 is 1.88 bits per heavy atom. The van der Waals surface area contributed by atoms with Crippen molar-refractivity contribution in [3.05, 3.63) is 117 Å². The summed E-state index contributed by atoms with van der Waals surface area (Å²) in [6.45, 7) is 18.2. The van der Waals surface area contributed by atoms with Gasteiger partial charge in [-0.05, 0) is 82.3 Å². The predicted octanol–water partition coefficient (Wildman–Crippen LogP) is 5.58. The Bertz CT molecular complexity index is 1450. The number of quaternary nitrogens is 1. The molecule has 0 fully saturated rings. The van der Waals surface area contributed by atoms with Gasteiger partial charge in [0.05, 0.1) is 13.1 Å². The third-order valence-electron chi connectivity index (χ3n) is 8.51. The molecule has 218 valence electrons. The molecule has 1 unspecified atom stereocenters. The summed E-state index contributed by atoms with van der Waals surface area (Å²) in [6, 6.07) is 26.1. The molecule has 0 radical (unpaired) electrons. The number of carbonyl (C=O) groups excluding carboxylic acids is 1. The van der Waals surface area contributed by atoms with Gasteiger partial charge in [0.2, 0.25) is 0 Å². The van der Waals surface area contributed by atoms with Crippen molar-refractivity contribution in [2.75, 3.05) is 13.1 Å². The Hall–Kier alpha value is -2.95. The second-order valence-electron chi connectivity index (χ2n) is 11.8. The van der Waals surface area contributed by atoms with Crippen LogP contribution in [0.5, 0.6) is 0 Å². The predicted molar refractivity (Wildman–Crippen MR) is 170 cm³/mol. The summed E-state index contributed by atoms with van der Waals surface area (Å²) in [5.41, 5.74) is 9.58. The van der Waals surface area contributed by atoms with Crippen molar-refractivity contribution < 1.29 is 26.3 Å². The maximum Gasteiger partial charge on any atom is 0.256 e. The number of benzene rings is 4. The standard InChI is InChI=1S/C37H46N2O.BrH/c1-8-13-36(39(9-2,10-3)25-31-22-28(6)19-29(7)23-31)38-37(40)34-17-16-32-14-11-12-15-33(32)35(34)24-30-20-26(4)18-27(5)21-30;/h11-12,14-23,36H,8-10,13,24-25H2,1-7H3;1H. The van der Waals surface area contributed by atoms with E-state index in [1.165, 1.54) is 38.8 Å². The minimum Gasteiger partial charge on any atom is -1.00 e. The molecule has 0 aromatic heterocycles. The van der Waals surface area contributed by atoms with Gasteiger partial charge < -0.3 is 26.8 Å². The largest absolute Gasteiger partial charge is 1.00 e. The van der Waals surface area contributed by atoms with E-state index in [1.807, 2.05) is 6.07 Å². The van der Waals surface area contributed by atoms with Crippen LogP contribution in [0.1, 0.15) is 82.9 Å². The number of aryl methyl sites for hydroxylation is 4. The summed E-state index contributed by atoms with van der Waals surface area (Å²) >= 11 is 0. The Balaban J connectivity index is 0.00000462. The van der Waals surface area contributed by atoms with E-state index in [9.17, 15) is 4.79 Å². The van der Waals surface area contributed by atoms with Crippen LogP contribution >= 0.6 is 0 Å². The summed E-state index contributed by atoms with van der Waals surface area (Å²) in [5.74, 6) is 0.0356. The summed E-state index contributed by atoms with van der Waals surface area (Å²) in [5, 5.41) is 5.90. The summed E-state index contributed by atoms with van der Waals surface area (Å²) in [7, 11) is 0. The van der Waals surface area contributed by atoms with E-state index >= 15 is 0 Å². The monoisotopic (exact) mass is 614 g/mol. The van der Waals surface area contributed by atoms with Gasteiger partial charge >= 0.3 is 0 Å². The van der Waals surface area contributed by atoms with Gasteiger partial charge in [0, 0.05) is 17.5 Å². The van der Waals surface area contributed by atoms with Gasteiger partial charge in [-0.3, -0.25) is 4.79 Å². The number of nitrogens with zero attached hydrogens (tertiary/aromatic N) is 1. The van der Waals surface area contributed by atoms with E-state index in [4.69, 9.17) is 0 Å². The lowest BCUT2D eigenvalue weighted by atomic mass is 9.92. The number of carbonyl (C=O) groups is 1. The molecule has 0 spiro atoms. The SMILES string of the molecule is CCCC(NC(=O)c1ccc2ccccc2c1Cc1cc(C)cc(C)c1)[N+](CC)(CC)Cc1cc(C)cc(C)c1.[Br-]. The third kappa shape index (κ3) is 7.67. The molecule has 1 amide bonds. The molecule has 1 N–H and O–H groups in total. The van der Waals surface area contributed by atoms with Crippen LogP contribution in [-0.4, -0.2) is 29.6 Å². The van der Waals surface area contributed by atoms with Gasteiger partial charge in [-0.2, -0.15) is 0 Å². The maximum absolute atomic E-state index is 14.2. The lowest BCUT2D eigenvalue weighted by molar-refractivity contribution is -0.963. The molecule has 0 aliphatic rings. The van der Waals surface area contributed by atoms with Crippen LogP contribution in [0, 0.1) is 27.7 Å². The fourth-order valence-corrected chi connectivity index (χ4v) is 6.62. The van der Waals surface area contributed by atoms with Crippen molar-refractivity contribution >= 4 is 16.7 Å². The van der Waals surface area contributed by atoms with Crippen molar-refractivity contribution in [3.63, 3.8) is 0 Å². The second kappa shape index (κ2) is 14.3. The van der Waals surface area contributed by atoms with Crippen molar-refractivity contribution in [2.45, 2.75) is 80.4 Å². The number of halogens is 1. The van der Waals surface area contributed by atoms with Crippen LogP contribution in [0.2, 0.25) is 0 Å². The molecule has 4 aromatic carbocycles. The van der Waals surface area contributed by atoms with Gasteiger partial charge in [-0.1, -0.05) is 95.9 Å². The summed E-state index contributed by atoms with van der Waals surface area (Å²) < 4.78 is 0.836. The molecular weight excluding hydrogens is 568 g/mol. The van der Waals surface area contributed by atoms with E-state index in [2.05, 4.69) is 121 Å². The van der Waals surface area contributed by atoms with E-state index in [-0.39, 0.29) is 29.1 Å². The number of amides is 1. The number of hydrogen-bond donors (Lipinski definition) is 1. The number of nitrogens with one attached hydrogen (secondary N) is 1. The lowest BCUT2D eigenvalue weighted by Gasteiger charge is -2.44. The highest BCUT2D eigenvalue weighted by Gasteiger charge is 2.35. The highest BCUT2D eigenvalue weighted by atomic mass is 79.9. The molecule has 41 heavy (non-hydrogen) atoms. The molecule has 0 bridgehead atoms. The maximum atomic E-state index is 14.2. The fraction of sp³-hybridized carbons (Fsp3) is 0.378. The van der Waals surface area contributed by atoms with Gasteiger partial charge in [0.25, 0.3) is 5.91 Å². The van der Waals surface area contributed by atoms with Crippen LogP contribution in [0.25, 0.3) is 10.8 Å². The zero-order valence-electron chi connectivity index (χ0n) is 26.0. The topological polar surface area (TPSA) is 29.1 Å². The molecule has 0 saturated heterocycles. The van der Waals surface area contributed by atoms with Crippen molar-refractivity contribution in [2.24, 2.45) is 0 Å². The molecule has 0 heterocycles. The van der Waals surface area contributed by atoms with E-state index < -0.39 is 0 Å². The first-order valence-corrected chi connectivity index (χ1v) is 15.0. The first-order chi connectivity index (χ1) is 19.2.